The van der Waals surface area contributed by atoms with Crippen LogP contribution in [0.2, 0.25) is 0 Å². The number of anilines is 1. The predicted octanol–water partition coefficient (Wildman–Crippen LogP) is 0.324. The highest BCUT2D eigenvalue weighted by Gasteiger charge is 2.13. The summed E-state index contributed by atoms with van der Waals surface area (Å²) in [6, 6.07) is 0.597. The highest BCUT2D eigenvalue weighted by molar-refractivity contribution is 5.29. The van der Waals surface area contributed by atoms with Crippen LogP contribution >= 0.6 is 0 Å². The zero-order valence-electron chi connectivity index (χ0n) is 8.62. The van der Waals surface area contributed by atoms with Crippen LogP contribution in [0.4, 0.5) is 5.82 Å². The third-order valence-electron chi connectivity index (χ3n) is 2.66. The average Bonchev–Trinajstić information content (AvgIpc) is 2.74. The van der Waals surface area contributed by atoms with Crippen LogP contribution in [0, 0.1) is 0 Å². The Labute approximate surface area is 88.3 Å². The molecule has 82 valence electrons. The van der Waals surface area contributed by atoms with Crippen LogP contribution in [-0.4, -0.2) is 29.1 Å². The molecule has 0 saturated carbocycles. The molecule has 0 bridgehead atoms. The van der Waals surface area contributed by atoms with Crippen LogP contribution in [-0.2, 0) is 0 Å². The quantitative estimate of drug-likeness (QED) is 0.666. The van der Waals surface area contributed by atoms with E-state index in [1.54, 1.807) is 6.20 Å². The Hall–Kier alpha value is -1.36. The van der Waals surface area contributed by atoms with Crippen molar-refractivity contribution >= 4 is 5.82 Å². The van der Waals surface area contributed by atoms with Crippen LogP contribution in [0.15, 0.2) is 17.2 Å². The summed E-state index contributed by atoms with van der Waals surface area (Å²) in [5, 5.41) is 6.46. The summed E-state index contributed by atoms with van der Waals surface area (Å²) >= 11 is 0. The number of nitrogens with one attached hydrogen (secondary N) is 3. The molecule has 0 radical (unpaired) electrons. The van der Waals surface area contributed by atoms with Crippen LogP contribution < -0.4 is 16.2 Å². The van der Waals surface area contributed by atoms with E-state index < -0.39 is 0 Å². The number of aromatic nitrogens is 2. The highest BCUT2D eigenvalue weighted by atomic mass is 16.1. The second-order valence-corrected chi connectivity index (χ2v) is 3.78. The van der Waals surface area contributed by atoms with Gasteiger partial charge in [-0.15, -0.1) is 0 Å². The van der Waals surface area contributed by atoms with Crippen molar-refractivity contribution in [1.29, 1.82) is 0 Å². The van der Waals surface area contributed by atoms with Gasteiger partial charge in [-0.2, -0.15) is 0 Å². The molecule has 0 amide bonds. The van der Waals surface area contributed by atoms with Crippen molar-refractivity contribution in [2.45, 2.75) is 25.3 Å². The largest absolute Gasteiger partial charge is 0.365 e. The van der Waals surface area contributed by atoms with Crippen LogP contribution in [0.5, 0.6) is 0 Å². The first-order valence-electron chi connectivity index (χ1n) is 5.37. The fourth-order valence-corrected chi connectivity index (χ4v) is 1.85. The summed E-state index contributed by atoms with van der Waals surface area (Å²) in [6.07, 6.45) is 6.65. The summed E-state index contributed by atoms with van der Waals surface area (Å²) in [4.78, 5) is 17.8. The predicted molar refractivity (Wildman–Crippen MR) is 59.0 cm³/mol. The van der Waals surface area contributed by atoms with Crippen molar-refractivity contribution in [2.75, 3.05) is 18.4 Å². The molecule has 5 nitrogen and oxygen atoms in total. The molecule has 2 rings (SSSR count). The Bertz CT molecular complexity index is 356. The molecule has 1 saturated heterocycles. The summed E-state index contributed by atoms with van der Waals surface area (Å²) in [5.41, 5.74) is -0.156. The van der Waals surface area contributed by atoms with Gasteiger partial charge in [0.2, 0.25) is 0 Å². The number of H-pyrrole nitrogens is 1. The van der Waals surface area contributed by atoms with Gasteiger partial charge in [-0.05, 0) is 25.8 Å². The summed E-state index contributed by atoms with van der Waals surface area (Å²) in [5.74, 6) is 0.412. The molecule has 1 atom stereocenters. The Morgan fingerprint density at radius 3 is 3.27 bits per heavy atom. The van der Waals surface area contributed by atoms with Gasteiger partial charge in [-0.25, -0.2) is 4.98 Å². The molecule has 1 aromatic heterocycles. The topological polar surface area (TPSA) is 69.8 Å². The second kappa shape index (κ2) is 4.93. The summed E-state index contributed by atoms with van der Waals surface area (Å²) in [6.45, 7) is 1.91. The number of hydrogen-bond donors (Lipinski definition) is 3. The monoisotopic (exact) mass is 208 g/mol. The minimum atomic E-state index is -0.156. The lowest BCUT2D eigenvalue weighted by molar-refractivity contribution is 0.574. The lowest BCUT2D eigenvalue weighted by atomic mass is 10.1. The van der Waals surface area contributed by atoms with E-state index in [9.17, 15) is 4.79 Å². The van der Waals surface area contributed by atoms with E-state index in [1.807, 2.05) is 0 Å². The Morgan fingerprint density at radius 2 is 2.53 bits per heavy atom. The molecule has 1 fully saturated rings. The lowest BCUT2D eigenvalue weighted by Crippen LogP contribution is -2.25. The first-order chi connectivity index (χ1) is 7.36. The zero-order valence-corrected chi connectivity index (χ0v) is 8.62. The third-order valence-corrected chi connectivity index (χ3v) is 2.66. The number of nitrogens with zero attached hydrogens (tertiary/aromatic N) is 1. The molecule has 0 unspecified atom stereocenters. The van der Waals surface area contributed by atoms with Gasteiger partial charge in [-0.3, -0.25) is 4.79 Å². The van der Waals surface area contributed by atoms with Gasteiger partial charge in [0, 0.05) is 25.0 Å². The summed E-state index contributed by atoms with van der Waals surface area (Å²) < 4.78 is 0. The first kappa shape index (κ1) is 10.2. The molecule has 1 aromatic rings. The van der Waals surface area contributed by atoms with Gasteiger partial charge in [0.15, 0.2) is 5.82 Å². The van der Waals surface area contributed by atoms with Crippen LogP contribution in [0.25, 0.3) is 0 Å². The van der Waals surface area contributed by atoms with Crippen molar-refractivity contribution in [1.82, 2.24) is 15.3 Å². The number of aromatic amines is 1. The minimum Gasteiger partial charge on any atom is -0.365 e. The Kier molecular flexibility index (Phi) is 3.34. The van der Waals surface area contributed by atoms with Crippen LogP contribution in [0.1, 0.15) is 19.3 Å². The molecule has 5 heteroatoms. The molecule has 1 aliphatic rings. The maximum atomic E-state index is 11.3. The van der Waals surface area contributed by atoms with Crippen molar-refractivity contribution in [3.8, 4) is 0 Å². The molecule has 3 N–H and O–H groups in total. The standard InChI is InChI=1S/C10H16N4O/c15-10-9(13-6-7-14-10)12-5-3-8-2-1-4-11-8/h6-8,11H,1-5H2,(H,12,13)(H,14,15)/t8-/m0/s1. The molecular formula is C10H16N4O. The smallest absolute Gasteiger partial charge is 0.290 e. The van der Waals surface area contributed by atoms with Crippen molar-refractivity contribution in [2.24, 2.45) is 0 Å². The molecule has 0 aliphatic carbocycles. The fraction of sp³-hybridized carbons (Fsp3) is 0.600. The molecule has 2 heterocycles. The first-order valence-corrected chi connectivity index (χ1v) is 5.37. The van der Waals surface area contributed by atoms with Gasteiger partial charge in [-0.1, -0.05) is 0 Å². The molecule has 0 spiro atoms. The maximum Gasteiger partial charge on any atom is 0.290 e. The molecular weight excluding hydrogens is 192 g/mol. The van der Waals surface area contributed by atoms with Gasteiger partial charge in [0.25, 0.3) is 5.56 Å². The van der Waals surface area contributed by atoms with Gasteiger partial charge in [0.1, 0.15) is 0 Å². The van der Waals surface area contributed by atoms with Crippen LogP contribution in [0.3, 0.4) is 0 Å². The van der Waals surface area contributed by atoms with Gasteiger partial charge in [0.05, 0.1) is 0 Å². The second-order valence-electron chi connectivity index (χ2n) is 3.78. The minimum absolute atomic E-state index is 0.156. The molecule has 1 aliphatic heterocycles. The zero-order chi connectivity index (χ0) is 10.5. The van der Waals surface area contributed by atoms with E-state index in [1.165, 1.54) is 19.0 Å². The SMILES string of the molecule is O=c1[nH]ccnc1NCC[C@@H]1CCCN1. The third kappa shape index (κ3) is 2.79. The highest BCUT2D eigenvalue weighted by Crippen LogP contribution is 2.08. The molecule has 15 heavy (non-hydrogen) atoms. The van der Waals surface area contributed by atoms with E-state index >= 15 is 0 Å². The lowest BCUT2D eigenvalue weighted by Gasteiger charge is -2.10. The molecule has 0 aromatic carbocycles. The van der Waals surface area contributed by atoms with Crippen molar-refractivity contribution < 1.29 is 0 Å². The van der Waals surface area contributed by atoms with E-state index in [0.29, 0.717) is 11.9 Å². The number of hydrogen-bond acceptors (Lipinski definition) is 4. The van der Waals surface area contributed by atoms with E-state index in [2.05, 4.69) is 20.6 Å². The number of rotatable bonds is 4. The average molecular weight is 208 g/mol. The maximum absolute atomic E-state index is 11.3. The Balaban J connectivity index is 1.78. The van der Waals surface area contributed by atoms with Crippen molar-refractivity contribution in [3.05, 3.63) is 22.7 Å². The Morgan fingerprint density at radius 1 is 1.60 bits per heavy atom. The van der Waals surface area contributed by atoms with E-state index in [4.69, 9.17) is 0 Å². The van der Waals surface area contributed by atoms with E-state index in [-0.39, 0.29) is 5.56 Å². The van der Waals surface area contributed by atoms with Crippen molar-refractivity contribution in [3.63, 3.8) is 0 Å². The summed E-state index contributed by atoms with van der Waals surface area (Å²) in [7, 11) is 0. The van der Waals surface area contributed by atoms with Gasteiger partial charge >= 0.3 is 0 Å². The van der Waals surface area contributed by atoms with E-state index in [0.717, 1.165) is 19.5 Å². The fourth-order valence-electron chi connectivity index (χ4n) is 1.85. The van der Waals surface area contributed by atoms with Gasteiger partial charge < -0.3 is 15.6 Å². The normalized spacial score (nSPS) is 20.4.